The van der Waals surface area contributed by atoms with E-state index in [4.69, 9.17) is 17.0 Å². The first-order valence-corrected chi connectivity index (χ1v) is 7.75. The van der Waals surface area contributed by atoms with Crippen molar-refractivity contribution in [3.63, 3.8) is 0 Å². The van der Waals surface area contributed by atoms with Crippen LogP contribution in [-0.2, 0) is 10.9 Å². The van der Waals surface area contributed by atoms with Gasteiger partial charge < -0.3 is 15.0 Å². The van der Waals surface area contributed by atoms with Gasteiger partial charge in [-0.05, 0) is 24.4 Å². The van der Waals surface area contributed by atoms with Gasteiger partial charge in [0.2, 0.25) is 0 Å². The van der Waals surface area contributed by atoms with Gasteiger partial charge in [0.05, 0.1) is 37.6 Å². The lowest BCUT2D eigenvalue weighted by atomic mass is 10.2. The van der Waals surface area contributed by atoms with E-state index in [0.717, 1.165) is 38.9 Å². The highest BCUT2D eigenvalue weighted by Crippen LogP contribution is 2.34. The topological polar surface area (TPSA) is 49.8 Å². The Morgan fingerprint density at radius 1 is 1.22 bits per heavy atom. The molecule has 128 valence electrons. The number of thiocarbonyl (C=S) groups is 1. The standard InChI is InChI=1S/C14H19F3N4OS/c15-14(16,17)11-3-1-2-4-12(11)19-20-13(23)18-5-6-21-7-9-22-10-8-21/h1-4,19H,5-10H2,(H2,18,20,23)/p+1. The Morgan fingerprint density at radius 2 is 1.91 bits per heavy atom. The average molecular weight is 349 g/mol. The molecule has 1 aromatic carbocycles. The molecule has 0 amide bonds. The predicted molar refractivity (Wildman–Crippen MR) is 85.2 cm³/mol. The Bertz CT molecular complexity index is 521. The minimum absolute atomic E-state index is 0.0667. The minimum Gasteiger partial charge on any atom is -0.370 e. The number of anilines is 1. The van der Waals surface area contributed by atoms with Gasteiger partial charge in [-0.1, -0.05) is 12.1 Å². The summed E-state index contributed by atoms with van der Waals surface area (Å²) in [5.74, 6) is 0. The van der Waals surface area contributed by atoms with Crippen LogP contribution in [0, 0.1) is 0 Å². The molecule has 0 atom stereocenters. The first-order valence-electron chi connectivity index (χ1n) is 7.34. The van der Waals surface area contributed by atoms with E-state index in [1.807, 2.05) is 0 Å². The number of morpholine rings is 1. The normalized spacial score (nSPS) is 16.0. The lowest BCUT2D eigenvalue weighted by Gasteiger charge is -2.24. The second-order valence-corrected chi connectivity index (χ2v) is 5.57. The van der Waals surface area contributed by atoms with Crippen LogP contribution in [0.5, 0.6) is 0 Å². The van der Waals surface area contributed by atoms with Gasteiger partial charge in [-0.25, -0.2) is 0 Å². The van der Waals surface area contributed by atoms with Crippen molar-refractivity contribution in [2.45, 2.75) is 6.18 Å². The summed E-state index contributed by atoms with van der Waals surface area (Å²) in [4.78, 5) is 1.42. The van der Waals surface area contributed by atoms with E-state index in [1.54, 1.807) is 0 Å². The van der Waals surface area contributed by atoms with Crippen molar-refractivity contribution in [2.24, 2.45) is 0 Å². The number of ether oxygens (including phenoxy) is 1. The van der Waals surface area contributed by atoms with Crippen molar-refractivity contribution >= 4 is 23.0 Å². The van der Waals surface area contributed by atoms with Gasteiger partial charge in [-0.2, -0.15) is 13.2 Å². The van der Waals surface area contributed by atoms with Crippen molar-refractivity contribution in [3.05, 3.63) is 29.8 Å². The number of hydrogen-bond donors (Lipinski definition) is 4. The maximum absolute atomic E-state index is 12.9. The molecular weight excluding hydrogens is 329 g/mol. The summed E-state index contributed by atoms with van der Waals surface area (Å²) in [6.45, 7) is 4.95. The Labute approximate surface area is 138 Å². The molecule has 23 heavy (non-hydrogen) atoms. The molecule has 0 radical (unpaired) electrons. The highest BCUT2D eigenvalue weighted by Gasteiger charge is 2.33. The molecule has 1 heterocycles. The molecule has 1 aliphatic heterocycles. The van der Waals surface area contributed by atoms with Gasteiger partial charge >= 0.3 is 6.18 Å². The van der Waals surface area contributed by atoms with Gasteiger partial charge in [-0.3, -0.25) is 10.9 Å². The highest BCUT2D eigenvalue weighted by molar-refractivity contribution is 7.80. The molecule has 1 aromatic rings. The summed E-state index contributed by atoms with van der Waals surface area (Å²) in [5.41, 5.74) is 4.28. The van der Waals surface area contributed by atoms with Crippen LogP contribution < -0.4 is 21.1 Å². The third kappa shape index (κ3) is 5.85. The minimum atomic E-state index is -4.42. The molecule has 2 rings (SSSR count). The van der Waals surface area contributed by atoms with Crippen LogP contribution >= 0.6 is 12.2 Å². The predicted octanol–water partition coefficient (Wildman–Crippen LogP) is 0.411. The van der Waals surface area contributed by atoms with Crippen molar-refractivity contribution in [1.82, 2.24) is 10.7 Å². The summed E-state index contributed by atoms with van der Waals surface area (Å²) < 4.78 is 43.8. The van der Waals surface area contributed by atoms with E-state index in [0.29, 0.717) is 6.54 Å². The van der Waals surface area contributed by atoms with E-state index in [9.17, 15) is 13.2 Å². The molecule has 0 spiro atoms. The fourth-order valence-electron chi connectivity index (χ4n) is 2.27. The Morgan fingerprint density at radius 3 is 2.61 bits per heavy atom. The van der Waals surface area contributed by atoms with Crippen molar-refractivity contribution in [2.75, 3.05) is 44.8 Å². The van der Waals surface area contributed by atoms with Crippen LogP contribution in [0.1, 0.15) is 5.56 Å². The van der Waals surface area contributed by atoms with Crippen LogP contribution in [-0.4, -0.2) is 44.5 Å². The molecule has 9 heteroatoms. The molecule has 1 saturated heterocycles. The number of benzene rings is 1. The Hall–Kier alpha value is -1.58. The molecule has 0 aromatic heterocycles. The molecular formula is C14H20F3N4OS+. The largest absolute Gasteiger partial charge is 0.418 e. The van der Waals surface area contributed by atoms with E-state index < -0.39 is 11.7 Å². The number of rotatable bonds is 5. The molecule has 0 saturated carbocycles. The van der Waals surface area contributed by atoms with Crippen LogP contribution in [0.3, 0.4) is 0 Å². The lowest BCUT2D eigenvalue weighted by Crippen LogP contribution is -3.14. The molecule has 1 fully saturated rings. The maximum Gasteiger partial charge on any atom is 0.418 e. The Kier molecular flexibility index (Phi) is 6.43. The summed E-state index contributed by atoms with van der Waals surface area (Å²) in [6, 6.07) is 5.23. The fraction of sp³-hybridized carbons (Fsp3) is 0.500. The molecule has 4 N–H and O–H groups in total. The number of hydrazine groups is 1. The number of para-hydroxylation sites is 1. The number of quaternary nitrogens is 1. The van der Waals surface area contributed by atoms with Crippen LogP contribution in [0.2, 0.25) is 0 Å². The van der Waals surface area contributed by atoms with Crippen LogP contribution in [0.4, 0.5) is 18.9 Å². The third-order valence-corrected chi connectivity index (χ3v) is 3.75. The number of nitrogens with one attached hydrogen (secondary N) is 4. The molecule has 1 aliphatic rings. The second kappa shape index (κ2) is 8.32. The van der Waals surface area contributed by atoms with Gasteiger partial charge in [0, 0.05) is 0 Å². The fourth-order valence-corrected chi connectivity index (χ4v) is 2.42. The van der Waals surface area contributed by atoms with E-state index in [1.165, 1.54) is 23.1 Å². The van der Waals surface area contributed by atoms with Gasteiger partial charge in [-0.15, -0.1) is 0 Å². The molecule has 0 bridgehead atoms. The Balaban J connectivity index is 1.74. The second-order valence-electron chi connectivity index (χ2n) is 5.16. The number of hydrogen-bond acceptors (Lipinski definition) is 3. The van der Waals surface area contributed by atoms with E-state index >= 15 is 0 Å². The highest BCUT2D eigenvalue weighted by atomic mass is 32.1. The number of alkyl halides is 3. The maximum atomic E-state index is 12.9. The van der Waals surface area contributed by atoms with Crippen molar-refractivity contribution in [3.8, 4) is 0 Å². The van der Waals surface area contributed by atoms with Crippen LogP contribution in [0.15, 0.2) is 24.3 Å². The van der Waals surface area contributed by atoms with Crippen LogP contribution in [0.25, 0.3) is 0 Å². The zero-order valence-electron chi connectivity index (χ0n) is 12.5. The average Bonchev–Trinajstić information content (AvgIpc) is 2.53. The lowest BCUT2D eigenvalue weighted by molar-refractivity contribution is -0.906. The van der Waals surface area contributed by atoms with Crippen molar-refractivity contribution in [1.29, 1.82) is 0 Å². The first kappa shape index (κ1) is 17.8. The van der Waals surface area contributed by atoms with E-state index in [-0.39, 0.29) is 10.8 Å². The summed E-state index contributed by atoms with van der Waals surface area (Å²) in [7, 11) is 0. The van der Waals surface area contributed by atoms with E-state index in [2.05, 4.69) is 16.2 Å². The van der Waals surface area contributed by atoms with Gasteiger partial charge in [0.25, 0.3) is 0 Å². The molecule has 5 nitrogen and oxygen atoms in total. The zero-order valence-corrected chi connectivity index (χ0v) is 13.3. The third-order valence-electron chi connectivity index (χ3n) is 3.51. The number of halogens is 3. The summed E-state index contributed by atoms with van der Waals surface area (Å²) in [5, 5.41) is 3.23. The quantitative estimate of drug-likeness (QED) is 0.458. The summed E-state index contributed by atoms with van der Waals surface area (Å²) in [6.07, 6.45) is -4.42. The van der Waals surface area contributed by atoms with Gasteiger partial charge in [0.15, 0.2) is 5.11 Å². The zero-order chi connectivity index (χ0) is 16.7. The SMILES string of the molecule is FC(F)(F)c1ccccc1NNC(=S)NCC[NH+]1CCOCC1. The van der Waals surface area contributed by atoms with Gasteiger partial charge in [0.1, 0.15) is 13.1 Å². The molecule has 0 unspecified atom stereocenters. The molecule has 0 aliphatic carbocycles. The van der Waals surface area contributed by atoms with Crippen molar-refractivity contribution < 1.29 is 22.8 Å². The smallest absolute Gasteiger partial charge is 0.370 e. The summed E-state index contributed by atoms with van der Waals surface area (Å²) >= 11 is 5.06. The monoisotopic (exact) mass is 349 g/mol. The first-order chi connectivity index (χ1) is 11.0.